The second kappa shape index (κ2) is 4.40. The number of carboxylic acid groups (broad SMARTS) is 1. The lowest BCUT2D eigenvalue weighted by molar-refractivity contribution is -0.154. The standard InChI is InChI=1S/C9H15NO4S/c1-9(2,3)14-8(13)6-10-5(4-15-6)7(11)12/h5-6,10H,4H2,1-3H3,(H,11,12)/t5-,6-/m1/s1. The van der Waals surface area contributed by atoms with E-state index in [1.807, 2.05) is 0 Å². The summed E-state index contributed by atoms with van der Waals surface area (Å²) in [5.41, 5.74) is -0.541. The maximum absolute atomic E-state index is 11.5. The van der Waals surface area contributed by atoms with E-state index in [2.05, 4.69) is 5.32 Å². The highest BCUT2D eigenvalue weighted by Gasteiger charge is 2.36. The molecule has 15 heavy (non-hydrogen) atoms. The van der Waals surface area contributed by atoms with E-state index < -0.39 is 29.0 Å². The van der Waals surface area contributed by atoms with E-state index in [4.69, 9.17) is 9.84 Å². The van der Waals surface area contributed by atoms with E-state index in [-0.39, 0.29) is 0 Å². The fourth-order valence-corrected chi connectivity index (χ4v) is 2.17. The highest BCUT2D eigenvalue weighted by molar-refractivity contribution is 8.00. The molecule has 5 nitrogen and oxygen atoms in total. The number of carboxylic acids is 1. The highest BCUT2D eigenvalue weighted by Crippen LogP contribution is 2.22. The van der Waals surface area contributed by atoms with Gasteiger partial charge >= 0.3 is 11.9 Å². The molecule has 86 valence electrons. The predicted molar refractivity (Wildman–Crippen MR) is 56.7 cm³/mol. The monoisotopic (exact) mass is 233 g/mol. The Balaban J connectivity index is 2.47. The molecule has 0 radical (unpaired) electrons. The summed E-state index contributed by atoms with van der Waals surface area (Å²) >= 11 is 1.26. The van der Waals surface area contributed by atoms with Gasteiger partial charge in [0.25, 0.3) is 0 Å². The van der Waals surface area contributed by atoms with Crippen LogP contribution in [0.2, 0.25) is 0 Å². The Labute approximate surface area is 92.6 Å². The van der Waals surface area contributed by atoms with E-state index >= 15 is 0 Å². The Kier molecular flexibility index (Phi) is 3.62. The summed E-state index contributed by atoms with van der Waals surface area (Å²) in [6.07, 6.45) is 0. The van der Waals surface area contributed by atoms with Crippen LogP contribution in [-0.2, 0) is 14.3 Å². The third kappa shape index (κ3) is 3.71. The Morgan fingerprint density at radius 1 is 1.47 bits per heavy atom. The molecule has 0 aromatic carbocycles. The van der Waals surface area contributed by atoms with Gasteiger partial charge in [-0.1, -0.05) is 0 Å². The smallest absolute Gasteiger partial charge is 0.334 e. The number of ether oxygens (including phenoxy) is 1. The summed E-state index contributed by atoms with van der Waals surface area (Å²) in [6.45, 7) is 5.33. The van der Waals surface area contributed by atoms with Gasteiger partial charge in [-0.05, 0) is 20.8 Å². The van der Waals surface area contributed by atoms with Crippen molar-refractivity contribution in [3.8, 4) is 0 Å². The number of hydrogen-bond donors (Lipinski definition) is 2. The molecule has 0 bridgehead atoms. The Hall–Kier alpha value is -0.750. The van der Waals surface area contributed by atoms with Gasteiger partial charge in [0.1, 0.15) is 11.6 Å². The van der Waals surface area contributed by atoms with Gasteiger partial charge in [0.15, 0.2) is 5.37 Å². The normalized spacial score (nSPS) is 26.3. The first-order chi connectivity index (χ1) is 6.79. The molecule has 0 amide bonds. The van der Waals surface area contributed by atoms with Crippen LogP contribution >= 0.6 is 11.8 Å². The SMILES string of the molecule is CC(C)(C)OC(=O)[C@@H]1N[C@@H](C(=O)O)CS1. The van der Waals surface area contributed by atoms with E-state index in [9.17, 15) is 9.59 Å². The number of esters is 1. The molecule has 1 heterocycles. The molecule has 0 unspecified atom stereocenters. The molecular weight excluding hydrogens is 218 g/mol. The third-order valence-corrected chi connectivity index (χ3v) is 2.89. The molecule has 0 aliphatic carbocycles. The summed E-state index contributed by atoms with van der Waals surface area (Å²) in [7, 11) is 0. The number of rotatable bonds is 2. The maximum Gasteiger partial charge on any atom is 0.334 e. The van der Waals surface area contributed by atoms with Crippen molar-refractivity contribution < 1.29 is 19.4 Å². The largest absolute Gasteiger partial charge is 0.480 e. The minimum Gasteiger partial charge on any atom is -0.480 e. The van der Waals surface area contributed by atoms with Gasteiger partial charge in [-0.15, -0.1) is 11.8 Å². The first-order valence-electron chi connectivity index (χ1n) is 4.63. The van der Waals surface area contributed by atoms with E-state index in [1.54, 1.807) is 20.8 Å². The first kappa shape index (κ1) is 12.3. The molecule has 1 aliphatic rings. The van der Waals surface area contributed by atoms with Crippen LogP contribution in [0, 0.1) is 0 Å². The Morgan fingerprint density at radius 2 is 2.07 bits per heavy atom. The van der Waals surface area contributed by atoms with Crippen molar-refractivity contribution in [3.05, 3.63) is 0 Å². The van der Waals surface area contributed by atoms with Crippen molar-refractivity contribution in [1.82, 2.24) is 5.32 Å². The van der Waals surface area contributed by atoms with Crippen LogP contribution < -0.4 is 5.32 Å². The average Bonchev–Trinajstić information content (AvgIpc) is 2.47. The molecule has 2 atom stereocenters. The third-order valence-electron chi connectivity index (χ3n) is 1.70. The Morgan fingerprint density at radius 3 is 2.47 bits per heavy atom. The molecule has 6 heteroatoms. The molecule has 2 N–H and O–H groups in total. The van der Waals surface area contributed by atoms with Crippen LogP contribution in [0.25, 0.3) is 0 Å². The fraction of sp³-hybridized carbons (Fsp3) is 0.778. The molecule has 1 rings (SSSR count). The molecule has 0 saturated carbocycles. The molecule has 1 aliphatic heterocycles. The minimum absolute atomic E-state index is 0.388. The summed E-state index contributed by atoms with van der Waals surface area (Å²) < 4.78 is 5.13. The van der Waals surface area contributed by atoms with Gasteiger partial charge in [-0.25, -0.2) is 4.79 Å². The van der Waals surface area contributed by atoms with Gasteiger partial charge in [0.05, 0.1) is 0 Å². The van der Waals surface area contributed by atoms with E-state index in [0.29, 0.717) is 5.75 Å². The minimum atomic E-state index is -0.937. The van der Waals surface area contributed by atoms with E-state index in [0.717, 1.165) is 0 Å². The van der Waals surface area contributed by atoms with Crippen molar-refractivity contribution >= 4 is 23.7 Å². The number of aliphatic carboxylic acids is 1. The van der Waals surface area contributed by atoms with Crippen LogP contribution in [0.1, 0.15) is 20.8 Å². The lowest BCUT2D eigenvalue weighted by Gasteiger charge is -2.21. The highest BCUT2D eigenvalue weighted by atomic mass is 32.2. The first-order valence-corrected chi connectivity index (χ1v) is 5.68. The van der Waals surface area contributed by atoms with Crippen molar-refractivity contribution in [1.29, 1.82) is 0 Å². The number of thioether (sulfide) groups is 1. The predicted octanol–water partition coefficient (Wildman–Crippen LogP) is 0.444. The number of carbonyl (C=O) groups excluding carboxylic acids is 1. The summed E-state index contributed by atoms with van der Waals surface area (Å²) in [6, 6.07) is -0.660. The van der Waals surface area contributed by atoms with Gasteiger partial charge in [0.2, 0.25) is 0 Å². The van der Waals surface area contributed by atoms with Crippen molar-refractivity contribution in [3.63, 3.8) is 0 Å². The van der Waals surface area contributed by atoms with Crippen molar-refractivity contribution in [2.75, 3.05) is 5.75 Å². The Bertz CT molecular complexity index is 274. The summed E-state index contributed by atoms with van der Waals surface area (Å²) in [4.78, 5) is 22.2. The quantitative estimate of drug-likeness (QED) is 0.674. The van der Waals surface area contributed by atoms with Crippen molar-refractivity contribution in [2.45, 2.75) is 37.8 Å². The second-order valence-electron chi connectivity index (χ2n) is 4.30. The zero-order valence-electron chi connectivity index (χ0n) is 8.94. The van der Waals surface area contributed by atoms with Crippen LogP contribution in [-0.4, -0.2) is 39.8 Å². The molecule has 1 fully saturated rings. The lowest BCUT2D eigenvalue weighted by Crippen LogP contribution is -2.42. The van der Waals surface area contributed by atoms with Gasteiger partial charge in [0, 0.05) is 5.75 Å². The van der Waals surface area contributed by atoms with Crippen LogP contribution in [0.5, 0.6) is 0 Å². The van der Waals surface area contributed by atoms with Gasteiger partial charge in [-0.2, -0.15) is 0 Å². The lowest BCUT2D eigenvalue weighted by atomic mass is 10.2. The number of hydrogen-bond acceptors (Lipinski definition) is 5. The molecule has 0 aromatic heterocycles. The zero-order valence-corrected chi connectivity index (χ0v) is 9.76. The maximum atomic E-state index is 11.5. The van der Waals surface area contributed by atoms with Crippen LogP contribution in [0.3, 0.4) is 0 Å². The molecule has 0 aromatic rings. The second-order valence-corrected chi connectivity index (χ2v) is 5.44. The molecule has 0 spiro atoms. The van der Waals surface area contributed by atoms with Crippen molar-refractivity contribution in [2.24, 2.45) is 0 Å². The van der Waals surface area contributed by atoms with E-state index in [1.165, 1.54) is 11.8 Å². The summed E-state index contributed by atoms with van der Waals surface area (Å²) in [5.74, 6) is -0.955. The van der Waals surface area contributed by atoms with Crippen LogP contribution in [0.4, 0.5) is 0 Å². The number of carbonyl (C=O) groups is 2. The molecular formula is C9H15NO4S. The average molecular weight is 233 g/mol. The molecule has 1 saturated heterocycles. The topological polar surface area (TPSA) is 75.6 Å². The number of nitrogens with one attached hydrogen (secondary N) is 1. The zero-order chi connectivity index (χ0) is 11.6. The van der Waals surface area contributed by atoms with Gasteiger partial charge in [-0.3, -0.25) is 10.1 Å². The summed E-state index contributed by atoms with van der Waals surface area (Å²) in [5, 5.41) is 10.9. The van der Waals surface area contributed by atoms with Crippen LogP contribution in [0.15, 0.2) is 0 Å². The van der Waals surface area contributed by atoms with Gasteiger partial charge < -0.3 is 9.84 Å². The fourth-order valence-electron chi connectivity index (χ4n) is 1.11.